The van der Waals surface area contributed by atoms with E-state index >= 15 is 0 Å². The number of carbonyl (C=O) groups excluding carboxylic acids is 2. The lowest BCUT2D eigenvalue weighted by Crippen LogP contribution is -2.40. The van der Waals surface area contributed by atoms with Crippen LogP contribution in [-0.2, 0) is 9.59 Å². The summed E-state index contributed by atoms with van der Waals surface area (Å²) < 4.78 is 5.54. The Morgan fingerprint density at radius 3 is 2.50 bits per heavy atom. The average Bonchev–Trinajstić information content (AvgIpc) is 3.16. The SMILES string of the molecule is CC(C)c1ccc(N2C(=O)CC(c3ccco3)C3=C2CCCC3=O)cc1. The van der Waals surface area contributed by atoms with Gasteiger partial charge < -0.3 is 4.42 Å². The highest BCUT2D eigenvalue weighted by Crippen LogP contribution is 2.43. The second kappa shape index (κ2) is 6.60. The zero-order valence-electron chi connectivity index (χ0n) is 15.2. The van der Waals surface area contributed by atoms with Crippen LogP contribution in [0.5, 0.6) is 0 Å². The Morgan fingerprint density at radius 2 is 1.85 bits per heavy atom. The topological polar surface area (TPSA) is 50.5 Å². The van der Waals surface area contributed by atoms with Crippen LogP contribution in [0.25, 0.3) is 0 Å². The molecule has 2 aromatic rings. The smallest absolute Gasteiger partial charge is 0.232 e. The minimum Gasteiger partial charge on any atom is -0.469 e. The Kier molecular flexibility index (Phi) is 4.27. The number of allylic oxidation sites excluding steroid dienone is 2. The van der Waals surface area contributed by atoms with E-state index in [9.17, 15) is 9.59 Å². The number of hydrogen-bond acceptors (Lipinski definition) is 3. The molecule has 0 spiro atoms. The van der Waals surface area contributed by atoms with Crippen LogP contribution in [0.15, 0.2) is 58.3 Å². The van der Waals surface area contributed by atoms with Crippen LogP contribution in [0.4, 0.5) is 5.69 Å². The molecule has 134 valence electrons. The van der Waals surface area contributed by atoms with E-state index in [0.29, 0.717) is 18.1 Å². The minimum absolute atomic E-state index is 0.0251. The van der Waals surface area contributed by atoms with Crippen LogP contribution in [0.1, 0.15) is 62.7 Å². The lowest BCUT2D eigenvalue weighted by Gasteiger charge is -2.37. The molecule has 1 aromatic carbocycles. The zero-order valence-corrected chi connectivity index (χ0v) is 15.2. The number of Topliss-reactive ketones (excluding diaryl/α,β-unsaturated/α-hetero) is 1. The van der Waals surface area contributed by atoms with Crippen LogP contribution >= 0.6 is 0 Å². The van der Waals surface area contributed by atoms with E-state index in [1.165, 1.54) is 5.56 Å². The van der Waals surface area contributed by atoms with Gasteiger partial charge in [-0.2, -0.15) is 0 Å². The standard InChI is InChI=1S/C22H23NO3/c1-14(2)15-8-10-16(11-9-15)23-18-5-3-6-19(24)22(18)17(13-21(23)25)20-7-4-12-26-20/h4,7-12,14,17H,3,5-6,13H2,1-2H3. The number of hydrogen-bond donors (Lipinski definition) is 0. The maximum Gasteiger partial charge on any atom is 0.232 e. The molecular formula is C22H23NO3. The second-order valence-corrected chi connectivity index (χ2v) is 7.38. The molecule has 0 saturated carbocycles. The summed E-state index contributed by atoms with van der Waals surface area (Å²) in [5.41, 5.74) is 3.70. The highest BCUT2D eigenvalue weighted by molar-refractivity contribution is 6.07. The molecule has 0 bridgehead atoms. The summed E-state index contributed by atoms with van der Waals surface area (Å²) in [6, 6.07) is 11.8. The molecule has 0 radical (unpaired) electrons. The Bertz CT molecular complexity index is 859. The fourth-order valence-corrected chi connectivity index (χ4v) is 4.03. The van der Waals surface area contributed by atoms with Gasteiger partial charge in [0.25, 0.3) is 0 Å². The van der Waals surface area contributed by atoms with Gasteiger partial charge in [0.1, 0.15) is 5.76 Å². The van der Waals surface area contributed by atoms with E-state index in [2.05, 4.69) is 26.0 Å². The molecule has 1 aromatic heterocycles. The number of amides is 1. The molecule has 1 aliphatic carbocycles. The van der Waals surface area contributed by atoms with E-state index in [4.69, 9.17) is 4.42 Å². The van der Waals surface area contributed by atoms with Gasteiger partial charge in [-0.15, -0.1) is 0 Å². The maximum absolute atomic E-state index is 13.0. The highest BCUT2D eigenvalue weighted by Gasteiger charge is 2.40. The van der Waals surface area contributed by atoms with Crippen molar-refractivity contribution >= 4 is 17.4 Å². The first-order valence-electron chi connectivity index (χ1n) is 9.29. The van der Waals surface area contributed by atoms with Gasteiger partial charge >= 0.3 is 0 Å². The summed E-state index contributed by atoms with van der Waals surface area (Å²) >= 11 is 0. The molecule has 4 heteroatoms. The Labute approximate surface area is 153 Å². The normalized spacial score (nSPS) is 20.7. The van der Waals surface area contributed by atoms with Crippen molar-refractivity contribution in [1.82, 2.24) is 0 Å². The van der Waals surface area contributed by atoms with Crippen LogP contribution in [-0.4, -0.2) is 11.7 Å². The third-order valence-corrected chi connectivity index (χ3v) is 5.38. The number of carbonyl (C=O) groups is 2. The van der Waals surface area contributed by atoms with Crippen molar-refractivity contribution in [3.05, 3.63) is 65.3 Å². The average molecular weight is 349 g/mol. The van der Waals surface area contributed by atoms with Crippen molar-refractivity contribution in [2.24, 2.45) is 0 Å². The first kappa shape index (κ1) is 16.8. The van der Waals surface area contributed by atoms with Crippen molar-refractivity contribution in [2.75, 3.05) is 4.90 Å². The number of benzene rings is 1. The Balaban J connectivity index is 1.80. The molecule has 1 atom stereocenters. The maximum atomic E-state index is 13.0. The molecule has 2 aliphatic rings. The largest absolute Gasteiger partial charge is 0.469 e. The van der Waals surface area contributed by atoms with Gasteiger partial charge in [0, 0.05) is 29.8 Å². The second-order valence-electron chi connectivity index (χ2n) is 7.38. The number of furan rings is 1. The third kappa shape index (κ3) is 2.79. The van der Waals surface area contributed by atoms with E-state index < -0.39 is 0 Å². The Morgan fingerprint density at radius 1 is 1.08 bits per heavy atom. The van der Waals surface area contributed by atoms with Crippen molar-refractivity contribution in [3.63, 3.8) is 0 Å². The van der Waals surface area contributed by atoms with E-state index in [1.807, 2.05) is 24.3 Å². The number of ketones is 1. The summed E-state index contributed by atoms with van der Waals surface area (Å²) in [7, 11) is 0. The quantitative estimate of drug-likeness (QED) is 0.789. The third-order valence-electron chi connectivity index (χ3n) is 5.38. The lowest BCUT2D eigenvalue weighted by molar-refractivity contribution is -0.120. The molecule has 0 fully saturated rings. The molecule has 4 rings (SSSR count). The predicted octanol–water partition coefficient (Wildman–Crippen LogP) is 4.93. The van der Waals surface area contributed by atoms with Gasteiger partial charge in [-0.3, -0.25) is 14.5 Å². The van der Waals surface area contributed by atoms with E-state index in [1.54, 1.807) is 11.2 Å². The van der Waals surface area contributed by atoms with Gasteiger partial charge in [0.15, 0.2) is 5.78 Å². The molecular weight excluding hydrogens is 326 g/mol. The number of nitrogens with zero attached hydrogens (tertiary/aromatic N) is 1. The van der Waals surface area contributed by atoms with Gasteiger partial charge in [-0.1, -0.05) is 26.0 Å². The van der Waals surface area contributed by atoms with Gasteiger partial charge in [-0.25, -0.2) is 0 Å². The lowest BCUT2D eigenvalue weighted by atomic mass is 9.79. The number of rotatable bonds is 3. The summed E-state index contributed by atoms with van der Waals surface area (Å²) in [6.45, 7) is 4.30. The van der Waals surface area contributed by atoms with Crippen LogP contribution < -0.4 is 4.90 Å². The van der Waals surface area contributed by atoms with Crippen molar-refractivity contribution in [2.45, 2.75) is 51.4 Å². The summed E-state index contributed by atoms with van der Waals surface area (Å²) in [6.07, 6.45) is 3.95. The molecule has 4 nitrogen and oxygen atoms in total. The fraction of sp³-hybridized carbons (Fsp3) is 0.364. The first-order valence-corrected chi connectivity index (χ1v) is 9.29. The van der Waals surface area contributed by atoms with E-state index in [0.717, 1.165) is 29.8 Å². The van der Waals surface area contributed by atoms with Crippen LogP contribution in [0, 0.1) is 0 Å². The van der Waals surface area contributed by atoms with E-state index in [-0.39, 0.29) is 24.0 Å². The predicted molar refractivity (Wildman–Crippen MR) is 100.0 cm³/mol. The summed E-state index contributed by atoms with van der Waals surface area (Å²) in [5, 5.41) is 0. The van der Waals surface area contributed by atoms with Gasteiger partial charge in [-0.05, 0) is 48.6 Å². The molecule has 26 heavy (non-hydrogen) atoms. The molecule has 1 aliphatic heterocycles. The molecule has 1 unspecified atom stereocenters. The highest BCUT2D eigenvalue weighted by atomic mass is 16.3. The minimum atomic E-state index is -0.258. The van der Waals surface area contributed by atoms with Gasteiger partial charge in [0.2, 0.25) is 5.91 Å². The summed E-state index contributed by atoms with van der Waals surface area (Å²) in [4.78, 5) is 27.5. The first-order chi connectivity index (χ1) is 12.6. The zero-order chi connectivity index (χ0) is 18.3. The molecule has 2 heterocycles. The number of anilines is 1. The van der Waals surface area contributed by atoms with Crippen molar-refractivity contribution in [1.29, 1.82) is 0 Å². The fourth-order valence-electron chi connectivity index (χ4n) is 4.03. The van der Waals surface area contributed by atoms with Crippen molar-refractivity contribution < 1.29 is 14.0 Å². The van der Waals surface area contributed by atoms with Crippen LogP contribution in [0.2, 0.25) is 0 Å². The monoisotopic (exact) mass is 349 g/mol. The molecule has 1 amide bonds. The summed E-state index contributed by atoms with van der Waals surface area (Å²) in [5.74, 6) is 1.05. The van der Waals surface area contributed by atoms with Crippen LogP contribution in [0.3, 0.4) is 0 Å². The molecule has 0 N–H and O–H groups in total. The van der Waals surface area contributed by atoms with Crippen molar-refractivity contribution in [3.8, 4) is 0 Å². The molecule has 0 saturated heterocycles. The Hall–Kier alpha value is -2.62. The van der Waals surface area contributed by atoms with Gasteiger partial charge in [0.05, 0.1) is 12.2 Å².